The Balaban J connectivity index is 0.848. The first-order chi connectivity index (χ1) is 27.8. The van der Waals surface area contributed by atoms with Crippen LogP contribution >= 0.6 is 11.6 Å². The number of imidazole rings is 1. The molecule has 4 fully saturated rings. The standard InChI is InChI=1S/C40H38ClF3N10O4/c1-45-29-18-33(49-54-32(19-46-35(29)54)36(56)47-28-17-27(28)42)52-13-9-25-23(4-2-6-30(25)52)5-3-12-50-15-11-39(40(43,44)22-50)20-51(21-39)37(57)24-7-8-26(41)31(16-24)53-14-10-34(55)48-38(53)58/h2,4,6-8,16,18-19,27-28,45H,9-15,17,20-22H2,1H3,(H,47,56)(H,48,55,58)/t27-,28+/m0/s1. The van der Waals surface area contributed by atoms with Gasteiger partial charge in [-0.25, -0.2) is 27.5 Å². The first-order valence-electron chi connectivity index (χ1n) is 19.0. The molecule has 1 aliphatic carbocycles. The fourth-order valence-electron chi connectivity index (χ4n) is 8.28. The molecule has 2 aromatic heterocycles. The topological polar surface area (TPSA) is 148 Å². The van der Waals surface area contributed by atoms with Gasteiger partial charge in [0.1, 0.15) is 6.17 Å². The summed E-state index contributed by atoms with van der Waals surface area (Å²) in [6.45, 7) is 0.543. The zero-order valence-corrected chi connectivity index (χ0v) is 32.1. The Morgan fingerprint density at radius 3 is 2.57 bits per heavy atom. The van der Waals surface area contributed by atoms with Gasteiger partial charge in [-0.1, -0.05) is 29.5 Å². The number of alkyl halides is 3. The molecule has 0 radical (unpaired) electrons. The number of urea groups is 1. The summed E-state index contributed by atoms with van der Waals surface area (Å²) in [6, 6.07) is 10.9. The minimum Gasteiger partial charge on any atom is -0.385 e. The van der Waals surface area contributed by atoms with Gasteiger partial charge in [-0.05, 0) is 48.7 Å². The third-order valence-corrected chi connectivity index (χ3v) is 12.1. The summed E-state index contributed by atoms with van der Waals surface area (Å²) in [5.74, 6) is 2.55. The predicted molar refractivity (Wildman–Crippen MR) is 209 cm³/mol. The van der Waals surface area contributed by atoms with Crippen molar-refractivity contribution in [3.63, 3.8) is 0 Å². The number of nitrogens with zero attached hydrogens (tertiary/aromatic N) is 7. The molecule has 6 heterocycles. The Hall–Kier alpha value is -5.86. The molecule has 0 bridgehead atoms. The first kappa shape index (κ1) is 37.7. The highest BCUT2D eigenvalue weighted by atomic mass is 35.5. The molecule has 9 rings (SSSR count). The van der Waals surface area contributed by atoms with Gasteiger partial charge in [-0.3, -0.25) is 29.5 Å². The van der Waals surface area contributed by atoms with Crippen molar-refractivity contribution < 1.29 is 32.3 Å². The van der Waals surface area contributed by atoms with Crippen molar-refractivity contribution in [3.8, 4) is 11.8 Å². The summed E-state index contributed by atoms with van der Waals surface area (Å²) < 4.78 is 46.7. The van der Waals surface area contributed by atoms with Gasteiger partial charge in [0.25, 0.3) is 17.7 Å². The van der Waals surface area contributed by atoms with E-state index < -0.39 is 53.8 Å². The van der Waals surface area contributed by atoms with Crippen LogP contribution in [0.3, 0.4) is 0 Å². The van der Waals surface area contributed by atoms with Gasteiger partial charge in [0.15, 0.2) is 17.2 Å². The van der Waals surface area contributed by atoms with Crippen LogP contribution in [0.5, 0.6) is 0 Å². The van der Waals surface area contributed by atoms with E-state index in [9.17, 15) is 23.6 Å². The van der Waals surface area contributed by atoms with Gasteiger partial charge in [0.05, 0.1) is 47.1 Å². The van der Waals surface area contributed by atoms with Crippen LogP contribution in [0.1, 0.15) is 51.2 Å². The molecule has 4 aromatic rings. The lowest BCUT2D eigenvalue weighted by atomic mass is 9.69. The summed E-state index contributed by atoms with van der Waals surface area (Å²) in [6.07, 6.45) is 1.61. The Morgan fingerprint density at radius 2 is 1.83 bits per heavy atom. The van der Waals surface area contributed by atoms with E-state index in [1.54, 1.807) is 11.9 Å². The number of hydrogen-bond acceptors (Lipinski definition) is 9. The number of likely N-dealkylation sites (tertiary alicyclic amines) is 2. The van der Waals surface area contributed by atoms with Crippen LogP contribution in [0.4, 0.5) is 40.8 Å². The zero-order valence-electron chi connectivity index (χ0n) is 31.3. The normalized spacial score (nSPS) is 21.9. The van der Waals surface area contributed by atoms with Crippen molar-refractivity contribution in [1.29, 1.82) is 0 Å². The molecule has 4 aliphatic heterocycles. The van der Waals surface area contributed by atoms with E-state index >= 15 is 8.78 Å². The molecule has 2 aromatic carbocycles. The summed E-state index contributed by atoms with van der Waals surface area (Å²) in [7, 11) is 1.75. The number of nitrogens with one attached hydrogen (secondary N) is 3. The number of piperidine rings is 1. The second-order valence-electron chi connectivity index (χ2n) is 15.4. The summed E-state index contributed by atoms with van der Waals surface area (Å²) in [5.41, 5.74) is 3.12. The van der Waals surface area contributed by atoms with Crippen LogP contribution in [0.25, 0.3) is 5.65 Å². The highest BCUT2D eigenvalue weighted by Gasteiger charge is 2.63. The molecular weight excluding hydrogens is 777 g/mol. The summed E-state index contributed by atoms with van der Waals surface area (Å²) in [4.78, 5) is 61.1. The van der Waals surface area contributed by atoms with Gasteiger partial charge in [-0.15, -0.1) is 5.10 Å². The number of halogens is 4. The molecule has 1 spiro atoms. The average molecular weight is 815 g/mol. The lowest BCUT2D eigenvalue weighted by molar-refractivity contribution is -0.213. The van der Waals surface area contributed by atoms with Crippen LogP contribution in [0.15, 0.2) is 48.7 Å². The van der Waals surface area contributed by atoms with Crippen molar-refractivity contribution in [2.24, 2.45) is 5.41 Å². The van der Waals surface area contributed by atoms with E-state index in [2.05, 4.69) is 32.8 Å². The van der Waals surface area contributed by atoms with Crippen LogP contribution in [0, 0.1) is 17.3 Å². The molecule has 3 saturated heterocycles. The molecule has 3 N–H and O–H groups in total. The maximum atomic E-state index is 15.9. The molecule has 300 valence electrons. The zero-order chi connectivity index (χ0) is 40.5. The van der Waals surface area contributed by atoms with E-state index in [0.29, 0.717) is 36.7 Å². The van der Waals surface area contributed by atoms with Crippen LogP contribution in [-0.2, 0) is 11.2 Å². The van der Waals surface area contributed by atoms with E-state index in [1.807, 2.05) is 29.2 Å². The van der Waals surface area contributed by atoms with Crippen molar-refractivity contribution in [1.82, 2.24) is 35.0 Å². The first-order valence-corrected chi connectivity index (χ1v) is 19.4. The Labute approximate surface area is 335 Å². The number of imide groups is 1. The van der Waals surface area contributed by atoms with Crippen LogP contribution in [0.2, 0.25) is 5.02 Å². The minimum absolute atomic E-state index is 0.0814. The lowest BCUT2D eigenvalue weighted by Gasteiger charge is -2.57. The summed E-state index contributed by atoms with van der Waals surface area (Å²) in [5, 5.41) is 13.0. The molecule has 2 atom stereocenters. The highest BCUT2D eigenvalue weighted by Crippen LogP contribution is 2.50. The van der Waals surface area contributed by atoms with E-state index in [0.717, 1.165) is 16.8 Å². The highest BCUT2D eigenvalue weighted by molar-refractivity contribution is 6.34. The smallest absolute Gasteiger partial charge is 0.328 e. The van der Waals surface area contributed by atoms with E-state index in [1.165, 1.54) is 38.7 Å². The number of carbonyl (C=O) groups excluding carboxylic acids is 4. The monoisotopic (exact) mass is 814 g/mol. The van der Waals surface area contributed by atoms with Gasteiger partial charge in [0, 0.05) is 75.5 Å². The maximum absolute atomic E-state index is 15.9. The summed E-state index contributed by atoms with van der Waals surface area (Å²) >= 11 is 6.33. The quantitative estimate of drug-likeness (QED) is 0.233. The SMILES string of the molecule is CNc1cc(N2CCc3c(C#CCN4CCC5(CN(C(=O)c6ccc(Cl)c(N7CCC(=O)NC7=O)c6)C5)C(F)(F)C4)cccc32)nn2c(C(=O)N[C@@H]3C[C@@H]3F)cnc12. The number of carbonyl (C=O) groups is 4. The van der Waals surface area contributed by atoms with Gasteiger partial charge >= 0.3 is 6.03 Å². The number of rotatable bonds is 7. The minimum atomic E-state index is -3.06. The molecule has 18 heteroatoms. The molecule has 1 saturated carbocycles. The Kier molecular flexibility index (Phi) is 9.23. The third-order valence-electron chi connectivity index (χ3n) is 11.7. The van der Waals surface area contributed by atoms with Gasteiger partial charge in [0.2, 0.25) is 5.91 Å². The van der Waals surface area contributed by atoms with E-state index in [4.69, 9.17) is 16.7 Å². The van der Waals surface area contributed by atoms with Crippen molar-refractivity contribution in [2.75, 3.05) is 68.0 Å². The third kappa shape index (κ3) is 6.53. The molecule has 0 unspecified atom stereocenters. The second kappa shape index (κ2) is 14.2. The van der Waals surface area contributed by atoms with Gasteiger partial charge in [-0.2, -0.15) is 0 Å². The molecule has 5 aliphatic rings. The van der Waals surface area contributed by atoms with Crippen molar-refractivity contribution in [3.05, 3.63) is 76.1 Å². The largest absolute Gasteiger partial charge is 0.385 e. The van der Waals surface area contributed by atoms with Gasteiger partial charge < -0.3 is 20.4 Å². The molecular formula is C40H38ClF3N10O4. The van der Waals surface area contributed by atoms with Crippen LogP contribution in [-0.4, -0.2) is 119 Å². The number of amides is 5. The fourth-order valence-corrected chi connectivity index (χ4v) is 8.50. The number of benzene rings is 2. The predicted octanol–water partition coefficient (Wildman–Crippen LogP) is 4.24. The fraction of sp³-hybridized carbons (Fsp3) is 0.400. The number of fused-ring (bicyclic) bond motifs is 2. The van der Waals surface area contributed by atoms with Crippen molar-refractivity contribution >= 4 is 63.9 Å². The second-order valence-corrected chi connectivity index (χ2v) is 15.8. The Bertz CT molecular complexity index is 2460. The van der Waals surface area contributed by atoms with Crippen LogP contribution < -0.4 is 25.8 Å². The number of hydrogen-bond donors (Lipinski definition) is 3. The Morgan fingerprint density at radius 1 is 1.03 bits per heavy atom. The van der Waals surface area contributed by atoms with E-state index in [-0.39, 0.29) is 67.4 Å². The molecule has 58 heavy (non-hydrogen) atoms. The van der Waals surface area contributed by atoms with Crippen molar-refractivity contribution in [2.45, 2.75) is 43.8 Å². The molecule has 5 amide bonds. The molecule has 14 nitrogen and oxygen atoms in total. The number of aromatic nitrogens is 3. The number of anilines is 4. The lowest BCUT2D eigenvalue weighted by Crippen LogP contribution is -2.71. The maximum Gasteiger partial charge on any atom is 0.328 e. The average Bonchev–Trinajstić information content (AvgIpc) is 3.50.